The molecule has 0 aliphatic carbocycles. The van der Waals surface area contributed by atoms with Crippen molar-refractivity contribution in [1.82, 2.24) is 15.0 Å². The molecule has 0 atom stereocenters. The fourth-order valence-electron chi connectivity index (χ4n) is 2.77. The lowest BCUT2D eigenvalue weighted by Gasteiger charge is -2.37. The first-order valence-corrected chi connectivity index (χ1v) is 7.05. The standard InChI is InChI=1S/C13H19N5O2/c1-9-6-18(7-9)13-15-8-14-12(16-13)17-4-2-10(3-5-17)11(19)20/h8-10H,2-7H2,1H3,(H,19,20). The number of nitrogens with zero attached hydrogens (tertiary/aromatic N) is 5. The Labute approximate surface area is 117 Å². The second-order valence-corrected chi connectivity index (χ2v) is 5.70. The maximum Gasteiger partial charge on any atom is 0.306 e. The minimum Gasteiger partial charge on any atom is -0.481 e. The van der Waals surface area contributed by atoms with Gasteiger partial charge in [0.05, 0.1) is 5.92 Å². The van der Waals surface area contributed by atoms with Crippen LogP contribution in [0.15, 0.2) is 6.33 Å². The first-order valence-electron chi connectivity index (χ1n) is 7.05. The summed E-state index contributed by atoms with van der Waals surface area (Å²) in [7, 11) is 0. The summed E-state index contributed by atoms with van der Waals surface area (Å²) >= 11 is 0. The number of carboxylic acid groups (broad SMARTS) is 1. The Morgan fingerprint density at radius 3 is 2.35 bits per heavy atom. The van der Waals surface area contributed by atoms with Crippen LogP contribution in [0.2, 0.25) is 0 Å². The van der Waals surface area contributed by atoms with Gasteiger partial charge in [0.2, 0.25) is 11.9 Å². The summed E-state index contributed by atoms with van der Waals surface area (Å²) in [6.07, 6.45) is 2.85. The molecule has 0 unspecified atom stereocenters. The van der Waals surface area contributed by atoms with Crippen molar-refractivity contribution in [3.05, 3.63) is 6.33 Å². The fourth-order valence-corrected chi connectivity index (χ4v) is 2.77. The quantitative estimate of drug-likeness (QED) is 0.867. The molecule has 7 heteroatoms. The third-order valence-corrected chi connectivity index (χ3v) is 4.02. The number of aromatic nitrogens is 3. The van der Waals surface area contributed by atoms with Crippen molar-refractivity contribution < 1.29 is 9.90 Å². The summed E-state index contributed by atoms with van der Waals surface area (Å²) < 4.78 is 0. The molecule has 3 heterocycles. The average Bonchev–Trinajstić information content (AvgIpc) is 2.44. The second kappa shape index (κ2) is 5.22. The molecule has 2 aliphatic heterocycles. The summed E-state index contributed by atoms with van der Waals surface area (Å²) in [5, 5.41) is 9.01. The number of anilines is 2. The van der Waals surface area contributed by atoms with Gasteiger partial charge in [-0.2, -0.15) is 4.98 Å². The number of hydrogen-bond donors (Lipinski definition) is 1. The third-order valence-electron chi connectivity index (χ3n) is 4.02. The Morgan fingerprint density at radius 2 is 1.80 bits per heavy atom. The lowest BCUT2D eigenvalue weighted by Crippen LogP contribution is -2.46. The lowest BCUT2D eigenvalue weighted by atomic mass is 9.97. The van der Waals surface area contributed by atoms with Gasteiger partial charge in [0.15, 0.2) is 0 Å². The van der Waals surface area contributed by atoms with E-state index in [2.05, 4.69) is 26.8 Å². The Kier molecular flexibility index (Phi) is 3.42. The molecule has 1 aromatic rings. The Balaban J connectivity index is 1.66. The summed E-state index contributed by atoms with van der Waals surface area (Å²) in [5.74, 6) is 1.16. The van der Waals surface area contributed by atoms with Gasteiger partial charge in [-0.15, -0.1) is 0 Å². The van der Waals surface area contributed by atoms with Crippen LogP contribution in [0.5, 0.6) is 0 Å². The van der Waals surface area contributed by atoms with Crippen molar-refractivity contribution in [3.63, 3.8) is 0 Å². The molecule has 2 fully saturated rings. The van der Waals surface area contributed by atoms with Crippen LogP contribution in [0.3, 0.4) is 0 Å². The van der Waals surface area contributed by atoms with E-state index in [9.17, 15) is 4.79 Å². The van der Waals surface area contributed by atoms with E-state index in [1.807, 2.05) is 4.90 Å². The van der Waals surface area contributed by atoms with E-state index >= 15 is 0 Å². The zero-order valence-corrected chi connectivity index (χ0v) is 11.6. The predicted molar refractivity (Wildman–Crippen MR) is 73.8 cm³/mol. The van der Waals surface area contributed by atoms with Gasteiger partial charge < -0.3 is 14.9 Å². The summed E-state index contributed by atoms with van der Waals surface area (Å²) in [4.78, 5) is 28.1. The van der Waals surface area contributed by atoms with Gasteiger partial charge in [-0.3, -0.25) is 4.79 Å². The van der Waals surface area contributed by atoms with Gasteiger partial charge in [-0.1, -0.05) is 6.92 Å². The number of aliphatic carboxylic acids is 1. The maximum atomic E-state index is 11.0. The van der Waals surface area contributed by atoms with Gasteiger partial charge in [-0.25, -0.2) is 9.97 Å². The topological polar surface area (TPSA) is 82.5 Å². The molecular formula is C13H19N5O2. The highest BCUT2D eigenvalue weighted by Gasteiger charge is 2.28. The van der Waals surface area contributed by atoms with Crippen molar-refractivity contribution in [3.8, 4) is 0 Å². The summed E-state index contributed by atoms with van der Waals surface area (Å²) in [5.41, 5.74) is 0. The van der Waals surface area contributed by atoms with Crippen LogP contribution in [0.25, 0.3) is 0 Å². The molecule has 0 amide bonds. The van der Waals surface area contributed by atoms with E-state index in [-0.39, 0.29) is 5.92 Å². The largest absolute Gasteiger partial charge is 0.481 e. The van der Waals surface area contributed by atoms with Crippen LogP contribution < -0.4 is 9.80 Å². The molecule has 20 heavy (non-hydrogen) atoms. The zero-order chi connectivity index (χ0) is 14.1. The minimum absolute atomic E-state index is 0.233. The van der Waals surface area contributed by atoms with Crippen LogP contribution in [-0.4, -0.2) is 52.2 Å². The van der Waals surface area contributed by atoms with Crippen molar-refractivity contribution >= 4 is 17.9 Å². The molecule has 7 nitrogen and oxygen atoms in total. The molecule has 1 N–H and O–H groups in total. The molecule has 3 rings (SSSR count). The number of carboxylic acids is 1. The molecule has 108 valence electrons. The second-order valence-electron chi connectivity index (χ2n) is 5.70. The highest BCUT2D eigenvalue weighted by Crippen LogP contribution is 2.24. The van der Waals surface area contributed by atoms with Crippen LogP contribution >= 0.6 is 0 Å². The maximum absolute atomic E-state index is 11.0. The van der Waals surface area contributed by atoms with E-state index in [1.54, 1.807) is 6.33 Å². The van der Waals surface area contributed by atoms with E-state index in [1.165, 1.54) is 0 Å². The number of carbonyl (C=O) groups is 1. The predicted octanol–water partition coefficient (Wildman–Crippen LogP) is 0.629. The Morgan fingerprint density at radius 1 is 1.20 bits per heavy atom. The van der Waals surface area contributed by atoms with Crippen LogP contribution in [-0.2, 0) is 4.79 Å². The number of rotatable bonds is 3. The highest BCUT2D eigenvalue weighted by molar-refractivity contribution is 5.70. The van der Waals surface area contributed by atoms with Crippen LogP contribution in [0, 0.1) is 11.8 Å². The molecular weight excluding hydrogens is 258 g/mol. The van der Waals surface area contributed by atoms with Crippen molar-refractivity contribution in [2.75, 3.05) is 36.0 Å². The highest BCUT2D eigenvalue weighted by atomic mass is 16.4. The van der Waals surface area contributed by atoms with E-state index in [0.717, 1.165) is 19.0 Å². The van der Waals surface area contributed by atoms with Gasteiger partial charge >= 0.3 is 5.97 Å². The normalized spacial score (nSPS) is 20.9. The Bertz CT molecular complexity index is 495. The first kappa shape index (κ1) is 13.1. The first-order chi connectivity index (χ1) is 9.63. The summed E-state index contributed by atoms with van der Waals surface area (Å²) in [6.45, 7) is 5.57. The van der Waals surface area contributed by atoms with E-state index in [4.69, 9.17) is 5.11 Å². The van der Waals surface area contributed by atoms with Crippen LogP contribution in [0.1, 0.15) is 19.8 Å². The molecule has 2 aliphatic rings. The van der Waals surface area contributed by atoms with Gasteiger partial charge in [0.25, 0.3) is 0 Å². The molecule has 0 bridgehead atoms. The lowest BCUT2D eigenvalue weighted by molar-refractivity contribution is -0.142. The van der Waals surface area contributed by atoms with Gasteiger partial charge in [0, 0.05) is 26.2 Å². The third kappa shape index (κ3) is 2.52. The minimum atomic E-state index is -0.699. The number of hydrogen-bond acceptors (Lipinski definition) is 6. The average molecular weight is 277 g/mol. The van der Waals surface area contributed by atoms with Gasteiger partial charge in [0.1, 0.15) is 6.33 Å². The Hall–Kier alpha value is -1.92. The zero-order valence-electron chi connectivity index (χ0n) is 11.6. The molecule has 0 aromatic carbocycles. The number of piperidine rings is 1. The van der Waals surface area contributed by atoms with Gasteiger partial charge in [-0.05, 0) is 18.8 Å². The molecule has 0 saturated carbocycles. The van der Waals surface area contributed by atoms with E-state index < -0.39 is 5.97 Å². The molecule has 0 spiro atoms. The van der Waals surface area contributed by atoms with Crippen molar-refractivity contribution in [2.24, 2.45) is 11.8 Å². The van der Waals surface area contributed by atoms with E-state index in [0.29, 0.717) is 37.8 Å². The molecule has 1 aromatic heterocycles. The van der Waals surface area contributed by atoms with Crippen molar-refractivity contribution in [1.29, 1.82) is 0 Å². The monoisotopic (exact) mass is 277 g/mol. The fraction of sp³-hybridized carbons (Fsp3) is 0.692. The van der Waals surface area contributed by atoms with Crippen molar-refractivity contribution in [2.45, 2.75) is 19.8 Å². The summed E-state index contributed by atoms with van der Waals surface area (Å²) in [6, 6.07) is 0. The SMILES string of the molecule is CC1CN(c2ncnc(N3CCC(C(=O)O)CC3)n2)C1. The molecule has 0 radical (unpaired) electrons. The van der Waals surface area contributed by atoms with Crippen LogP contribution in [0.4, 0.5) is 11.9 Å². The smallest absolute Gasteiger partial charge is 0.306 e. The molecule has 2 saturated heterocycles.